The quantitative estimate of drug-likeness (QED) is 0.655. The highest BCUT2D eigenvalue weighted by Gasteiger charge is 2.09. The molecule has 5 nitrogen and oxygen atoms in total. The molecule has 18 heavy (non-hydrogen) atoms. The molecule has 1 aromatic rings. The van der Waals surface area contributed by atoms with Crippen LogP contribution in [0.1, 0.15) is 11.3 Å². The molecule has 0 spiro atoms. The van der Waals surface area contributed by atoms with Gasteiger partial charge in [0, 0.05) is 47.5 Å². The number of rotatable bonds is 3. The molecule has 1 aromatic heterocycles. The van der Waals surface area contributed by atoms with Crippen molar-refractivity contribution >= 4 is 33.3 Å². The van der Waals surface area contributed by atoms with Gasteiger partial charge >= 0.3 is 0 Å². The molecule has 0 aliphatic heterocycles. The first-order chi connectivity index (χ1) is 8.67. The van der Waals surface area contributed by atoms with Crippen molar-refractivity contribution in [1.82, 2.24) is 4.98 Å². The van der Waals surface area contributed by atoms with E-state index in [1.165, 1.54) is 12.4 Å². The normalized spacial score (nSPS) is 12.7. The Hall–Kier alpha value is -2.13. The molecule has 1 heterocycles. The van der Waals surface area contributed by atoms with E-state index >= 15 is 0 Å². The number of hydrogen-bond acceptors (Lipinski definition) is 5. The first-order valence-electron chi connectivity index (χ1n) is 5.00. The third-order valence-electron chi connectivity index (χ3n) is 2.16. The van der Waals surface area contributed by atoms with E-state index in [1.807, 2.05) is 12.1 Å². The summed E-state index contributed by atoms with van der Waals surface area (Å²) in [5.41, 5.74) is 13.2. The summed E-state index contributed by atoms with van der Waals surface area (Å²) in [5, 5.41) is 8.90. The molecule has 0 aliphatic carbocycles. The number of allylic oxidation sites excluding steroid dienone is 2. The predicted octanol–water partition coefficient (Wildman–Crippen LogP) is 1.67. The summed E-state index contributed by atoms with van der Waals surface area (Å²) < 4.78 is 0.669. The van der Waals surface area contributed by atoms with Crippen molar-refractivity contribution in [2.24, 2.45) is 16.5 Å². The minimum Gasteiger partial charge on any atom is -0.404 e. The van der Waals surface area contributed by atoms with Gasteiger partial charge in [0.15, 0.2) is 0 Å². The molecule has 0 bridgehead atoms. The van der Waals surface area contributed by atoms with E-state index < -0.39 is 0 Å². The summed E-state index contributed by atoms with van der Waals surface area (Å²) in [4.78, 5) is 8.10. The third kappa shape index (κ3) is 2.96. The highest BCUT2D eigenvalue weighted by Crippen LogP contribution is 2.24. The van der Waals surface area contributed by atoms with Gasteiger partial charge in [-0.2, -0.15) is 5.26 Å². The molecule has 0 radical (unpaired) electrons. The fourth-order valence-electron chi connectivity index (χ4n) is 1.32. The van der Waals surface area contributed by atoms with Gasteiger partial charge in [-0.05, 0) is 22.0 Å². The summed E-state index contributed by atoms with van der Waals surface area (Å²) in [7, 11) is 1.66. The molecule has 0 atom stereocenters. The van der Waals surface area contributed by atoms with E-state index in [1.54, 1.807) is 19.5 Å². The van der Waals surface area contributed by atoms with Crippen molar-refractivity contribution < 1.29 is 0 Å². The zero-order valence-electron chi connectivity index (χ0n) is 9.76. The lowest BCUT2D eigenvalue weighted by Crippen LogP contribution is -1.97. The lowest BCUT2D eigenvalue weighted by Gasteiger charge is -2.05. The van der Waals surface area contributed by atoms with Crippen molar-refractivity contribution in [2.45, 2.75) is 0 Å². The molecule has 4 N–H and O–H groups in total. The summed E-state index contributed by atoms with van der Waals surface area (Å²) in [6.45, 7) is 0. The Bertz CT molecular complexity index is 566. The molecule has 0 unspecified atom stereocenters. The number of pyridine rings is 1. The largest absolute Gasteiger partial charge is 0.404 e. The van der Waals surface area contributed by atoms with Gasteiger partial charge in [0.05, 0.1) is 11.3 Å². The number of hydrogen-bond donors (Lipinski definition) is 2. The van der Waals surface area contributed by atoms with Gasteiger partial charge in [-0.15, -0.1) is 0 Å². The summed E-state index contributed by atoms with van der Waals surface area (Å²) in [5.74, 6) is 0. The summed E-state index contributed by atoms with van der Waals surface area (Å²) in [6, 6.07) is 3.78. The second kappa shape index (κ2) is 6.57. The van der Waals surface area contributed by atoms with Gasteiger partial charge < -0.3 is 11.5 Å². The predicted molar refractivity (Wildman–Crippen MR) is 76.3 cm³/mol. The molecular weight excluding hydrogens is 294 g/mol. The second-order valence-corrected chi connectivity index (χ2v) is 4.11. The van der Waals surface area contributed by atoms with Crippen molar-refractivity contribution in [1.29, 1.82) is 5.26 Å². The monoisotopic (exact) mass is 305 g/mol. The molecule has 0 amide bonds. The Morgan fingerprint density at radius 1 is 1.50 bits per heavy atom. The average molecular weight is 306 g/mol. The smallest absolute Gasteiger partial charge is 0.103 e. The van der Waals surface area contributed by atoms with Crippen LogP contribution in [0.3, 0.4) is 0 Å². The van der Waals surface area contributed by atoms with Crippen LogP contribution >= 0.6 is 15.9 Å². The lowest BCUT2D eigenvalue weighted by atomic mass is 10.1. The zero-order chi connectivity index (χ0) is 13.5. The SMILES string of the molecule is CN=CC(=CN)c1cnc(C(C#N)=CN)c(Br)c1. The fraction of sp³-hybridized carbons (Fsp3) is 0.0833. The molecule has 92 valence electrons. The molecule has 0 saturated carbocycles. The van der Waals surface area contributed by atoms with Crippen LogP contribution < -0.4 is 11.5 Å². The summed E-state index contributed by atoms with van der Waals surface area (Å²) in [6.07, 6.45) is 5.91. The maximum absolute atomic E-state index is 8.90. The summed E-state index contributed by atoms with van der Waals surface area (Å²) >= 11 is 3.36. The average Bonchev–Trinajstić information content (AvgIpc) is 2.39. The molecule has 0 aromatic carbocycles. The van der Waals surface area contributed by atoms with Crippen LogP contribution in [0.25, 0.3) is 11.1 Å². The highest BCUT2D eigenvalue weighted by atomic mass is 79.9. The van der Waals surface area contributed by atoms with Gasteiger partial charge in [-0.3, -0.25) is 9.98 Å². The Labute approximate surface area is 114 Å². The third-order valence-corrected chi connectivity index (χ3v) is 2.77. The standard InChI is InChI=1S/C12H12BrN5/c1-17-6-10(5-16)8-2-11(13)12(18-7-8)9(3-14)4-15/h2-3,5-7H,14,16H2,1H3. The number of nitrogens with two attached hydrogens (primary N) is 2. The zero-order valence-corrected chi connectivity index (χ0v) is 11.3. The van der Waals surface area contributed by atoms with Crippen molar-refractivity contribution in [2.75, 3.05) is 7.05 Å². The minimum atomic E-state index is 0.302. The maximum atomic E-state index is 8.90. The Morgan fingerprint density at radius 2 is 2.22 bits per heavy atom. The van der Waals surface area contributed by atoms with Crippen LogP contribution in [0, 0.1) is 11.3 Å². The van der Waals surface area contributed by atoms with E-state index in [9.17, 15) is 0 Å². The van der Waals surface area contributed by atoms with Gasteiger partial charge in [0.25, 0.3) is 0 Å². The lowest BCUT2D eigenvalue weighted by molar-refractivity contribution is 1.24. The number of aliphatic imine (C=N–C) groups is 1. The fourth-order valence-corrected chi connectivity index (χ4v) is 1.88. The Morgan fingerprint density at radius 3 is 2.67 bits per heavy atom. The van der Waals surface area contributed by atoms with Crippen molar-refractivity contribution in [3.05, 3.63) is 40.4 Å². The van der Waals surface area contributed by atoms with E-state index in [0.29, 0.717) is 15.7 Å². The van der Waals surface area contributed by atoms with E-state index in [2.05, 4.69) is 25.9 Å². The first-order valence-corrected chi connectivity index (χ1v) is 5.79. The van der Waals surface area contributed by atoms with Crippen LogP contribution in [-0.2, 0) is 0 Å². The van der Waals surface area contributed by atoms with Crippen molar-refractivity contribution in [3.63, 3.8) is 0 Å². The van der Waals surface area contributed by atoms with Crippen LogP contribution in [0.15, 0.2) is 34.1 Å². The Kier molecular flexibility index (Phi) is 5.08. The molecule has 6 heteroatoms. The van der Waals surface area contributed by atoms with E-state index in [-0.39, 0.29) is 0 Å². The van der Waals surface area contributed by atoms with Crippen LogP contribution in [-0.4, -0.2) is 18.2 Å². The number of nitriles is 1. The van der Waals surface area contributed by atoms with Crippen LogP contribution in [0.2, 0.25) is 0 Å². The van der Waals surface area contributed by atoms with Gasteiger partial charge in [-0.25, -0.2) is 0 Å². The highest BCUT2D eigenvalue weighted by molar-refractivity contribution is 9.10. The van der Waals surface area contributed by atoms with Crippen molar-refractivity contribution in [3.8, 4) is 6.07 Å². The number of halogens is 1. The maximum Gasteiger partial charge on any atom is 0.103 e. The topological polar surface area (TPSA) is 101 Å². The van der Waals surface area contributed by atoms with Gasteiger partial charge in [-0.1, -0.05) is 0 Å². The molecule has 0 aliphatic rings. The number of aromatic nitrogens is 1. The second-order valence-electron chi connectivity index (χ2n) is 3.26. The van der Waals surface area contributed by atoms with Gasteiger partial charge in [0.1, 0.15) is 6.07 Å². The van der Waals surface area contributed by atoms with Gasteiger partial charge in [0.2, 0.25) is 0 Å². The number of nitrogens with zero attached hydrogens (tertiary/aromatic N) is 3. The molecular formula is C12H12BrN5. The molecule has 1 rings (SSSR count). The van der Waals surface area contributed by atoms with E-state index in [4.69, 9.17) is 16.7 Å². The Balaban J connectivity index is 3.27. The minimum absolute atomic E-state index is 0.302. The van der Waals surface area contributed by atoms with Crippen LogP contribution in [0.5, 0.6) is 0 Å². The first kappa shape index (κ1) is 13.9. The van der Waals surface area contributed by atoms with Crippen LogP contribution in [0.4, 0.5) is 0 Å². The van der Waals surface area contributed by atoms with E-state index in [0.717, 1.165) is 11.1 Å². The molecule has 0 saturated heterocycles. The molecule has 0 fully saturated rings.